The summed E-state index contributed by atoms with van der Waals surface area (Å²) in [5.41, 5.74) is 1.53. The second kappa shape index (κ2) is 11.0. The highest BCUT2D eigenvalue weighted by molar-refractivity contribution is 6.66. The number of ketones is 1. The number of rotatable bonds is 10. The lowest BCUT2D eigenvalue weighted by atomic mass is 9.53. The Morgan fingerprint density at radius 3 is 2.47 bits per heavy atom. The number of hydrogen-bond acceptors (Lipinski definition) is 8. The van der Waals surface area contributed by atoms with Crippen molar-refractivity contribution in [1.82, 2.24) is 10.3 Å². The smallest absolute Gasteiger partial charge is 0.586 e. The zero-order valence-electron chi connectivity index (χ0n) is 22.0. The molecule has 1 aromatic carbocycles. The molecule has 1 aromatic heterocycles. The van der Waals surface area contributed by atoms with Crippen molar-refractivity contribution in [3.05, 3.63) is 54.2 Å². The van der Waals surface area contributed by atoms with Crippen LogP contribution in [0.15, 0.2) is 48.5 Å². The Morgan fingerprint density at radius 2 is 1.82 bits per heavy atom. The maximum absolute atomic E-state index is 13.5. The van der Waals surface area contributed by atoms with Gasteiger partial charge in [-0.1, -0.05) is 56.7 Å². The summed E-state index contributed by atoms with van der Waals surface area (Å²) in [4.78, 5) is 56.4. The molecule has 2 aliphatic heterocycles. The SMILES string of the molecule is CC(C)C[C@H](CC(=O)[C@@H](NC(=O)c1cccc(-c2ccccc2)n1)[C@@H](C)O)[B-]12OC(=O)C[NH+]1[C@@H](C)C(=O)O2. The van der Waals surface area contributed by atoms with Crippen molar-refractivity contribution in [3.63, 3.8) is 0 Å². The molecule has 0 radical (unpaired) electrons. The quantitative estimate of drug-likeness (QED) is 0.392. The topological polar surface area (TPSA) is 136 Å². The van der Waals surface area contributed by atoms with Crippen LogP contribution in [0.1, 0.15) is 51.0 Å². The van der Waals surface area contributed by atoms with Gasteiger partial charge in [-0.25, -0.2) is 9.78 Å². The van der Waals surface area contributed by atoms with Crippen LogP contribution in [0, 0.1) is 5.92 Å². The molecule has 4 rings (SSSR count). The number of nitrogens with one attached hydrogen (secondary N) is 2. The Labute approximate surface area is 221 Å². The van der Waals surface area contributed by atoms with Crippen LogP contribution in [0.2, 0.25) is 5.82 Å². The second-order valence-electron chi connectivity index (χ2n) is 10.7. The Hall–Kier alpha value is -3.57. The number of benzene rings is 1. The number of pyridine rings is 1. The minimum atomic E-state index is -2.45. The fraction of sp³-hybridized carbons (Fsp3) is 0.444. The van der Waals surface area contributed by atoms with Crippen LogP contribution in [0.5, 0.6) is 0 Å². The first-order valence-corrected chi connectivity index (χ1v) is 13.0. The highest BCUT2D eigenvalue weighted by Crippen LogP contribution is 2.35. The van der Waals surface area contributed by atoms with Gasteiger partial charge in [0.1, 0.15) is 24.3 Å². The van der Waals surface area contributed by atoms with Crippen molar-refractivity contribution in [2.75, 3.05) is 6.54 Å². The number of aliphatic hydroxyl groups is 1. The van der Waals surface area contributed by atoms with E-state index in [0.717, 1.165) is 5.56 Å². The van der Waals surface area contributed by atoms with Gasteiger partial charge < -0.3 is 24.5 Å². The van der Waals surface area contributed by atoms with E-state index in [4.69, 9.17) is 9.31 Å². The molecular weight excluding hydrogens is 489 g/mol. The van der Waals surface area contributed by atoms with Crippen LogP contribution in [0.4, 0.5) is 0 Å². The Morgan fingerprint density at radius 1 is 1.11 bits per heavy atom. The summed E-state index contributed by atoms with van der Waals surface area (Å²) < 4.78 is 11.4. The van der Waals surface area contributed by atoms with Crippen LogP contribution < -0.4 is 10.1 Å². The third-order valence-corrected chi connectivity index (χ3v) is 7.40. The Kier molecular flexibility index (Phi) is 7.98. The molecule has 38 heavy (non-hydrogen) atoms. The van der Waals surface area contributed by atoms with Crippen molar-refractivity contribution in [1.29, 1.82) is 0 Å². The number of fused-ring (bicyclic) bond motifs is 1. The van der Waals surface area contributed by atoms with Gasteiger partial charge >= 0.3 is 18.6 Å². The van der Waals surface area contributed by atoms with Gasteiger partial charge in [-0.3, -0.25) is 14.4 Å². The standard InChI is InChI=1S/C27H34BN3O7/c1-16(2)13-20(28-31(15-24(34)37-28)17(3)27(36)38-28)14-23(33)25(18(4)32)30-26(35)22-12-8-11-21(29-22)19-9-6-5-7-10-19/h5-12,16-18,20,25,31-32H,13-15H2,1-4H3,(H,30,35)/t17-,18+,20+,25-,28?/m0/s1. The fourth-order valence-electron chi connectivity index (χ4n) is 5.57. The molecule has 0 bridgehead atoms. The minimum Gasteiger partial charge on any atom is -0.600 e. The molecule has 1 amide bonds. The molecular formula is C27H34BN3O7. The highest BCUT2D eigenvalue weighted by atomic mass is 16.7. The maximum Gasteiger partial charge on any atom is 0.586 e. The highest BCUT2D eigenvalue weighted by Gasteiger charge is 2.66. The maximum atomic E-state index is 13.5. The number of aliphatic hydroxyl groups excluding tert-OH is 1. The van der Waals surface area contributed by atoms with E-state index in [9.17, 15) is 24.3 Å². The average molecular weight is 523 g/mol. The van der Waals surface area contributed by atoms with Crippen LogP contribution in [-0.4, -0.2) is 65.1 Å². The zero-order valence-corrected chi connectivity index (χ0v) is 22.0. The van der Waals surface area contributed by atoms with Gasteiger partial charge in [-0.05, 0) is 44.1 Å². The third kappa shape index (κ3) is 5.49. The number of hydrogen-bond donors (Lipinski definition) is 3. The normalized spacial score (nSPS) is 24.8. The first kappa shape index (κ1) is 27.5. The lowest BCUT2D eigenvalue weighted by molar-refractivity contribution is -0.802. The molecule has 0 saturated carbocycles. The van der Waals surface area contributed by atoms with Gasteiger partial charge in [0.05, 0.1) is 11.8 Å². The number of quaternary nitrogens is 1. The third-order valence-electron chi connectivity index (χ3n) is 7.40. The van der Waals surface area contributed by atoms with E-state index in [0.29, 0.717) is 16.9 Å². The van der Waals surface area contributed by atoms with Crippen molar-refractivity contribution >= 4 is 30.3 Å². The number of nitrogens with zero attached hydrogens (tertiary/aromatic N) is 1. The van der Waals surface area contributed by atoms with Crippen LogP contribution in [0.25, 0.3) is 11.3 Å². The van der Waals surface area contributed by atoms with Gasteiger partial charge in [0, 0.05) is 5.56 Å². The second-order valence-corrected chi connectivity index (χ2v) is 10.7. The van der Waals surface area contributed by atoms with Crippen molar-refractivity contribution in [2.45, 2.75) is 64.5 Å². The van der Waals surface area contributed by atoms with E-state index in [1.54, 1.807) is 19.1 Å². The van der Waals surface area contributed by atoms with Crippen LogP contribution in [-0.2, 0) is 23.7 Å². The summed E-state index contributed by atoms with van der Waals surface area (Å²) >= 11 is 0. The molecule has 3 N–H and O–H groups in total. The minimum absolute atomic E-state index is 0.0182. The molecule has 11 heteroatoms. The molecule has 0 spiro atoms. The van der Waals surface area contributed by atoms with E-state index < -0.39 is 54.3 Å². The average Bonchev–Trinajstić information content (AvgIpc) is 3.33. The molecule has 2 saturated heterocycles. The van der Waals surface area contributed by atoms with Gasteiger partial charge in [0.2, 0.25) is 0 Å². The van der Waals surface area contributed by atoms with Gasteiger partial charge in [0.25, 0.3) is 5.91 Å². The molecule has 2 aromatic rings. The van der Waals surface area contributed by atoms with E-state index in [2.05, 4.69) is 10.3 Å². The van der Waals surface area contributed by atoms with Gasteiger partial charge in [-0.2, -0.15) is 0 Å². The van der Waals surface area contributed by atoms with Crippen molar-refractivity contribution < 1.29 is 38.4 Å². The molecule has 2 fully saturated rings. The first-order chi connectivity index (χ1) is 18.0. The number of aromatic nitrogens is 1. The van der Waals surface area contributed by atoms with E-state index >= 15 is 0 Å². The summed E-state index contributed by atoms with van der Waals surface area (Å²) in [5, 5.41) is 13.1. The van der Waals surface area contributed by atoms with Gasteiger partial charge in [0.15, 0.2) is 5.78 Å². The van der Waals surface area contributed by atoms with Crippen molar-refractivity contribution in [2.24, 2.45) is 5.92 Å². The molecule has 3 heterocycles. The number of amides is 1. The molecule has 10 nitrogen and oxygen atoms in total. The number of carbonyl (C=O) groups is 4. The predicted molar refractivity (Wildman–Crippen MR) is 139 cm³/mol. The summed E-state index contributed by atoms with van der Waals surface area (Å²) in [7, 11) is 0. The molecule has 0 aliphatic carbocycles. The zero-order chi connectivity index (χ0) is 27.6. The van der Waals surface area contributed by atoms with Gasteiger partial charge in [-0.15, -0.1) is 0 Å². The lowest BCUT2D eigenvalue weighted by Crippen LogP contribution is -3.22. The Balaban J connectivity index is 1.55. The van der Waals surface area contributed by atoms with Crippen LogP contribution >= 0.6 is 0 Å². The molecule has 202 valence electrons. The first-order valence-electron chi connectivity index (χ1n) is 13.0. The largest absolute Gasteiger partial charge is 0.600 e. The monoisotopic (exact) mass is 523 g/mol. The summed E-state index contributed by atoms with van der Waals surface area (Å²) in [6.07, 6.45) is -0.903. The Bertz CT molecular complexity index is 1220. The van der Waals surface area contributed by atoms with Crippen molar-refractivity contribution in [3.8, 4) is 11.3 Å². The predicted octanol–water partition coefficient (Wildman–Crippen LogP) is 0.929. The molecule has 6 atom stereocenters. The van der Waals surface area contributed by atoms with E-state index in [-0.39, 0.29) is 24.6 Å². The summed E-state index contributed by atoms with van der Waals surface area (Å²) in [5.74, 6) is -2.51. The molecule has 2 aliphatic rings. The number of carbonyl (C=O) groups excluding carboxylic acids is 4. The van der Waals surface area contributed by atoms with Crippen LogP contribution in [0.3, 0.4) is 0 Å². The fourth-order valence-corrected chi connectivity index (χ4v) is 5.57. The van der Waals surface area contributed by atoms with E-state index in [1.165, 1.54) is 13.0 Å². The summed E-state index contributed by atoms with van der Waals surface area (Å²) in [6.45, 7) is 4.54. The van der Waals surface area contributed by atoms with E-state index in [1.807, 2.05) is 44.2 Å². The lowest BCUT2D eigenvalue weighted by Gasteiger charge is -2.38. The molecule has 2 unspecified atom stereocenters. The summed E-state index contributed by atoms with van der Waals surface area (Å²) in [6, 6.07) is 12.6. The number of Topliss-reactive ketones (excluding diaryl/α,β-unsaturated/α-hetero) is 1.